The second-order valence-corrected chi connectivity index (χ2v) is 8.75. The van der Waals surface area contributed by atoms with Crippen molar-refractivity contribution in [1.82, 2.24) is 13.9 Å². The molecule has 1 fully saturated rings. The van der Waals surface area contributed by atoms with E-state index in [2.05, 4.69) is 0 Å². The van der Waals surface area contributed by atoms with Crippen molar-refractivity contribution < 1.29 is 22.0 Å². The van der Waals surface area contributed by atoms with Crippen molar-refractivity contribution in [2.45, 2.75) is 24.8 Å². The lowest BCUT2D eigenvalue weighted by atomic mass is 10.1. The predicted molar refractivity (Wildman–Crippen MR) is 96.4 cm³/mol. The summed E-state index contributed by atoms with van der Waals surface area (Å²) in [5.41, 5.74) is -2.56. The molecule has 0 unspecified atom stereocenters. The third-order valence-corrected chi connectivity index (χ3v) is 6.57. The Bertz CT molecular complexity index is 1230. The van der Waals surface area contributed by atoms with Crippen LogP contribution < -0.4 is 16.0 Å². The Balaban J connectivity index is 2.13. The van der Waals surface area contributed by atoms with Gasteiger partial charge in [-0.3, -0.25) is 9.59 Å². The van der Waals surface area contributed by atoms with Gasteiger partial charge in [-0.25, -0.2) is 31.3 Å². The molecule has 3 rings (SSSR count). The lowest BCUT2D eigenvalue weighted by Crippen LogP contribution is -2.39. The van der Waals surface area contributed by atoms with Crippen molar-refractivity contribution in [2.24, 2.45) is 7.05 Å². The van der Waals surface area contributed by atoms with E-state index in [-0.39, 0.29) is 12.8 Å². The number of halogens is 3. The summed E-state index contributed by atoms with van der Waals surface area (Å²) in [6, 6.07) is 2.50. The summed E-state index contributed by atoms with van der Waals surface area (Å²) < 4.78 is 55.2. The Morgan fingerprint density at radius 2 is 1.86 bits per heavy atom. The van der Waals surface area contributed by atoms with Crippen LogP contribution in [0.3, 0.4) is 0 Å². The summed E-state index contributed by atoms with van der Waals surface area (Å²) >= 11 is 5.82. The Kier molecular flexibility index (Phi) is 4.71. The lowest BCUT2D eigenvalue weighted by Gasteiger charge is -2.14. The molecule has 1 aromatic carbocycles. The van der Waals surface area contributed by atoms with Crippen LogP contribution in [0.4, 0.5) is 8.78 Å². The molecule has 0 spiro atoms. The minimum absolute atomic E-state index is 0.257. The first-order chi connectivity index (χ1) is 12.9. The summed E-state index contributed by atoms with van der Waals surface area (Å²) in [6.45, 7) is 1.50. The monoisotopic (exact) mass is 433 g/mol. The molecule has 1 aromatic heterocycles. The van der Waals surface area contributed by atoms with Crippen LogP contribution in [0.5, 0.6) is 0 Å². The number of benzene rings is 1. The molecule has 0 aliphatic heterocycles. The van der Waals surface area contributed by atoms with E-state index in [1.807, 2.05) is 0 Å². The maximum atomic E-state index is 14.4. The number of nitrogens with one attached hydrogen (secondary N) is 1. The SMILES string of the molecule is Cc1cc(=O)n(-c2cc(C(=O)NS(=O)(=O)C3(F)CC3)c(Cl)cc2F)c(=O)n1C. The minimum atomic E-state index is -4.62. The summed E-state index contributed by atoms with van der Waals surface area (Å²) in [4.78, 5) is 36.9. The first kappa shape index (κ1) is 20.2. The summed E-state index contributed by atoms with van der Waals surface area (Å²) in [5.74, 6) is -2.40. The standard InChI is InChI=1S/C16H14ClF2N3O5S/c1-8-5-13(23)22(15(25)21(8)2)12-6-9(10(17)7-11(12)18)14(24)20-28(26,27)16(19)3-4-16/h5-7H,3-4H2,1-2H3,(H,20,24). The van der Waals surface area contributed by atoms with Crippen molar-refractivity contribution in [1.29, 1.82) is 0 Å². The van der Waals surface area contributed by atoms with Gasteiger partial charge in [0.1, 0.15) is 5.82 Å². The number of amides is 1. The topological polar surface area (TPSA) is 107 Å². The van der Waals surface area contributed by atoms with Gasteiger partial charge in [-0.05, 0) is 19.1 Å². The summed E-state index contributed by atoms with van der Waals surface area (Å²) in [7, 11) is -3.26. The Morgan fingerprint density at radius 1 is 1.25 bits per heavy atom. The molecule has 0 bridgehead atoms. The summed E-state index contributed by atoms with van der Waals surface area (Å²) in [5, 5.41) is -3.02. The highest BCUT2D eigenvalue weighted by molar-refractivity contribution is 7.91. The molecule has 1 aliphatic rings. The van der Waals surface area contributed by atoms with Crippen molar-refractivity contribution in [3.05, 3.63) is 61.1 Å². The van der Waals surface area contributed by atoms with Gasteiger partial charge in [0.2, 0.25) is 5.00 Å². The van der Waals surface area contributed by atoms with Gasteiger partial charge in [0.05, 0.1) is 16.3 Å². The zero-order valence-corrected chi connectivity index (χ0v) is 16.2. The second-order valence-electron chi connectivity index (χ2n) is 6.40. The van der Waals surface area contributed by atoms with Crippen molar-refractivity contribution in [3.63, 3.8) is 0 Å². The molecule has 0 saturated heterocycles. The number of hydrogen-bond acceptors (Lipinski definition) is 5. The first-order valence-corrected chi connectivity index (χ1v) is 9.79. The van der Waals surface area contributed by atoms with Gasteiger partial charge in [0.25, 0.3) is 21.5 Å². The lowest BCUT2D eigenvalue weighted by molar-refractivity contribution is 0.0979. The van der Waals surface area contributed by atoms with E-state index in [1.54, 1.807) is 4.72 Å². The quantitative estimate of drug-likeness (QED) is 0.778. The average Bonchev–Trinajstić information content (AvgIpc) is 3.33. The van der Waals surface area contributed by atoms with Crippen molar-refractivity contribution >= 4 is 27.5 Å². The fourth-order valence-electron chi connectivity index (χ4n) is 2.48. The smallest absolute Gasteiger partial charge is 0.301 e. The number of aromatic nitrogens is 2. The van der Waals surface area contributed by atoms with Gasteiger partial charge in [-0.2, -0.15) is 0 Å². The normalized spacial score (nSPS) is 15.3. The number of nitrogens with zero attached hydrogens (tertiary/aromatic N) is 2. The highest BCUT2D eigenvalue weighted by Crippen LogP contribution is 2.44. The molecular weight excluding hydrogens is 420 g/mol. The van der Waals surface area contributed by atoms with Crippen LogP contribution in [-0.4, -0.2) is 28.5 Å². The Labute approximate surface area is 162 Å². The van der Waals surface area contributed by atoms with Crippen LogP contribution in [-0.2, 0) is 17.1 Å². The number of aryl methyl sites for hydroxylation is 1. The highest BCUT2D eigenvalue weighted by atomic mass is 35.5. The third kappa shape index (κ3) is 3.24. The second kappa shape index (κ2) is 6.52. The molecule has 1 amide bonds. The largest absolute Gasteiger partial charge is 0.335 e. The van der Waals surface area contributed by atoms with E-state index < -0.39 is 54.3 Å². The van der Waals surface area contributed by atoms with E-state index in [0.29, 0.717) is 16.3 Å². The number of carbonyl (C=O) groups is 1. The molecule has 1 saturated carbocycles. The minimum Gasteiger partial charge on any atom is -0.301 e. The summed E-state index contributed by atoms with van der Waals surface area (Å²) in [6.07, 6.45) is -0.514. The van der Waals surface area contributed by atoms with Gasteiger partial charge in [-0.1, -0.05) is 11.6 Å². The van der Waals surface area contributed by atoms with Crippen LogP contribution in [0, 0.1) is 12.7 Å². The number of carbonyl (C=O) groups excluding carboxylic acids is 1. The molecule has 1 N–H and O–H groups in total. The fourth-order valence-corrected chi connectivity index (χ4v) is 3.89. The predicted octanol–water partition coefficient (Wildman–Crippen LogP) is 1.16. The molecule has 12 heteroatoms. The number of alkyl halides is 1. The van der Waals surface area contributed by atoms with E-state index in [1.165, 1.54) is 14.0 Å². The fraction of sp³-hybridized carbons (Fsp3) is 0.312. The molecular formula is C16H14ClF2N3O5S. The van der Waals surface area contributed by atoms with E-state index in [0.717, 1.165) is 16.7 Å². The van der Waals surface area contributed by atoms with Gasteiger partial charge in [0.15, 0.2) is 0 Å². The van der Waals surface area contributed by atoms with Crippen LogP contribution in [0.2, 0.25) is 5.02 Å². The van der Waals surface area contributed by atoms with Gasteiger partial charge >= 0.3 is 5.69 Å². The van der Waals surface area contributed by atoms with Crippen LogP contribution in [0.25, 0.3) is 5.69 Å². The van der Waals surface area contributed by atoms with E-state index in [9.17, 15) is 31.6 Å². The van der Waals surface area contributed by atoms with Crippen LogP contribution in [0.15, 0.2) is 27.8 Å². The van der Waals surface area contributed by atoms with Crippen molar-refractivity contribution in [2.75, 3.05) is 0 Å². The highest BCUT2D eigenvalue weighted by Gasteiger charge is 2.56. The molecule has 2 aromatic rings. The average molecular weight is 434 g/mol. The third-order valence-electron chi connectivity index (χ3n) is 4.43. The number of hydrogen-bond donors (Lipinski definition) is 1. The Hall–Kier alpha value is -2.53. The molecule has 0 atom stereocenters. The maximum Gasteiger partial charge on any atom is 0.335 e. The van der Waals surface area contributed by atoms with E-state index in [4.69, 9.17) is 11.6 Å². The zero-order chi connectivity index (χ0) is 21.0. The molecule has 28 heavy (non-hydrogen) atoms. The number of rotatable bonds is 4. The molecule has 0 radical (unpaired) electrons. The van der Waals surface area contributed by atoms with Gasteiger partial charge in [0, 0.05) is 31.6 Å². The van der Waals surface area contributed by atoms with Gasteiger partial charge in [-0.15, -0.1) is 0 Å². The Morgan fingerprint density at radius 3 is 2.43 bits per heavy atom. The molecule has 1 heterocycles. The molecule has 1 aliphatic carbocycles. The first-order valence-electron chi connectivity index (χ1n) is 7.93. The number of sulfonamides is 1. The maximum absolute atomic E-state index is 14.4. The van der Waals surface area contributed by atoms with Crippen LogP contribution >= 0.6 is 11.6 Å². The zero-order valence-electron chi connectivity index (χ0n) is 14.6. The molecule has 150 valence electrons. The van der Waals surface area contributed by atoms with Gasteiger partial charge < -0.3 is 4.57 Å². The van der Waals surface area contributed by atoms with E-state index >= 15 is 0 Å². The van der Waals surface area contributed by atoms with Crippen LogP contribution in [0.1, 0.15) is 28.9 Å². The molecule has 8 nitrogen and oxygen atoms in total. The van der Waals surface area contributed by atoms with Crippen molar-refractivity contribution in [3.8, 4) is 5.69 Å².